The van der Waals surface area contributed by atoms with E-state index in [0.717, 1.165) is 10.6 Å². The van der Waals surface area contributed by atoms with Crippen LogP contribution in [0.2, 0.25) is 0 Å². The van der Waals surface area contributed by atoms with Crippen molar-refractivity contribution in [2.45, 2.75) is 43.9 Å². The highest BCUT2D eigenvalue weighted by atomic mass is 16.7. The molecular formula is C21H24N4O6. The lowest BCUT2D eigenvalue weighted by Crippen LogP contribution is -2.54. The lowest BCUT2D eigenvalue weighted by molar-refractivity contribution is -0.236. The highest BCUT2D eigenvalue weighted by molar-refractivity contribution is 6.23. The first-order valence-corrected chi connectivity index (χ1v) is 10.6. The molecule has 1 aliphatic carbocycles. The van der Waals surface area contributed by atoms with E-state index in [1.54, 1.807) is 12.1 Å². The minimum atomic E-state index is -0.959. The van der Waals surface area contributed by atoms with E-state index in [4.69, 9.17) is 4.84 Å². The van der Waals surface area contributed by atoms with E-state index in [0.29, 0.717) is 39.0 Å². The van der Waals surface area contributed by atoms with Crippen LogP contribution >= 0.6 is 0 Å². The molecule has 3 fully saturated rings. The van der Waals surface area contributed by atoms with E-state index in [9.17, 15) is 24.3 Å². The number of rotatable bonds is 4. The molecule has 4 amide bonds. The largest absolute Gasteiger partial charge is 0.393 e. The van der Waals surface area contributed by atoms with Crippen LogP contribution in [0.5, 0.6) is 0 Å². The lowest BCUT2D eigenvalue weighted by Gasteiger charge is -2.40. The minimum absolute atomic E-state index is 0.0865. The number of hydrogen-bond donors (Lipinski definition) is 2. The second-order valence-corrected chi connectivity index (χ2v) is 8.45. The summed E-state index contributed by atoms with van der Waals surface area (Å²) in [6, 6.07) is 4.20. The Morgan fingerprint density at radius 3 is 2.35 bits per heavy atom. The first-order valence-electron chi connectivity index (χ1n) is 10.6. The number of amides is 4. The maximum atomic E-state index is 13.0. The van der Waals surface area contributed by atoms with Gasteiger partial charge in [0.2, 0.25) is 11.8 Å². The van der Waals surface area contributed by atoms with E-state index in [-0.39, 0.29) is 36.2 Å². The summed E-state index contributed by atoms with van der Waals surface area (Å²) in [5.74, 6) is -2.00. The number of nitrogens with zero attached hydrogens (tertiary/aromatic N) is 3. The summed E-state index contributed by atoms with van der Waals surface area (Å²) in [4.78, 5) is 58.3. The van der Waals surface area contributed by atoms with Gasteiger partial charge >= 0.3 is 0 Å². The average Bonchev–Trinajstić information content (AvgIpc) is 2.98. The zero-order valence-electron chi connectivity index (χ0n) is 17.0. The molecule has 0 aromatic heterocycles. The Morgan fingerprint density at radius 1 is 0.968 bits per heavy atom. The minimum Gasteiger partial charge on any atom is -0.393 e. The Kier molecular flexibility index (Phi) is 4.99. The van der Waals surface area contributed by atoms with Crippen LogP contribution in [0.15, 0.2) is 18.2 Å². The predicted molar refractivity (Wildman–Crippen MR) is 107 cm³/mol. The molecule has 0 bridgehead atoms. The standard InChI is InChI=1S/C21H24N4O6/c26-13-10-14(11-13)31-24-7-5-23(6-8-24)12-1-2-15-16(9-12)21(30)25(20(15)29)17-3-4-18(27)22-19(17)28/h1-2,9,13-14,17,26H,3-8,10-11H2,(H,22,27,28). The normalized spacial score (nSPS) is 29.1. The van der Waals surface area contributed by atoms with Gasteiger partial charge in [0, 0.05) is 51.1 Å². The topological polar surface area (TPSA) is 119 Å². The van der Waals surface area contributed by atoms with Gasteiger partial charge in [-0.05, 0) is 24.6 Å². The quantitative estimate of drug-likeness (QED) is 0.626. The molecule has 164 valence electrons. The Balaban J connectivity index is 1.26. The van der Waals surface area contributed by atoms with Crippen LogP contribution in [0.4, 0.5) is 5.69 Å². The van der Waals surface area contributed by atoms with E-state index in [1.165, 1.54) is 0 Å². The van der Waals surface area contributed by atoms with Gasteiger partial charge in [-0.25, -0.2) is 0 Å². The van der Waals surface area contributed by atoms with E-state index >= 15 is 0 Å². The summed E-state index contributed by atoms with van der Waals surface area (Å²) >= 11 is 0. The molecule has 2 N–H and O–H groups in total. The molecule has 3 heterocycles. The Morgan fingerprint density at radius 2 is 1.68 bits per heavy atom. The van der Waals surface area contributed by atoms with Crippen molar-refractivity contribution in [1.82, 2.24) is 15.3 Å². The second kappa shape index (κ2) is 7.70. The molecule has 0 spiro atoms. The van der Waals surface area contributed by atoms with Crippen LogP contribution in [-0.2, 0) is 14.4 Å². The van der Waals surface area contributed by atoms with Gasteiger partial charge in [-0.15, -0.1) is 0 Å². The van der Waals surface area contributed by atoms with Gasteiger partial charge in [0.1, 0.15) is 6.04 Å². The first kappa shape index (κ1) is 20.1. The van der Waals surface area contributed by atoms with Crippen molar-refractivity contribution >= 4 is 29.3 Å². The van der Waals surface area contributed by atoms with E-state index in [1.807, 2.05) is 11.1 Å². The number of piperidine rings is 1. The van der Waals surface area contributed by atoms with Gasteiger partial charge in [-0.2, -0.15) is 5.06 Å². The monoisotopic (exact) mass is 428 g/mol. The summed E-state index contributed by atoms with van der Waals surface area (Å²) in [5, 5.41) is 13.5. The van der Waals surface area contributed by atoms with Crippen molar-refractivity contribution in [2.75, 3.05) is 31.1 Å². The van der Waals surface area contributed by atoms with E-state index in [2.05, 4.69) is 10.2 Å². The van der Waals surface area contributed by atoms with Crippen molar-refractivity contribution in [3.8, 4) is 0 Å². The molecule has 2 saturated heterocycles. The zero-order chi connectivity index (χ0) is 21.7. The number of hydrogen-bond acceptors (Lipinski definition) is 8. The third-order valence-electron chi connectivity index (χ3n) is 6.40. The highest BCUT2D eigenvalue weighted by Crippen LogP contribution is 2.31. The molecule has 1 aromatic carbocycles. The molecule has 1 saturated carbocycles. The van der Waals surface area contributed by atoms with Crippen molar-refractivity contribution in [3.05, 3.63) is 29.3 Å². The predicted octanol–water partition coefficient (Wildman–Crippen LogP) is -0.335. The highest BCUT2D eigenvalue weighted by Gasteiger charge is 2.44. The summed E-state index contributed by atoms with van der Waals surface area (Å²) in [6.45, 7) is 2.79. The number of piperazine rings is 1. The molecule has 4 aliphatic rings. The summed E-state index contributed by atoms with van der Waals surface area (Å²) in [5.41, 5.74) is 1.40. The molecule has 10 nitrogen and oxygen atoms in total. The third-order valence-corrected chi connectivity index (χ3v) is 6.40. The Bertz CT molecular complexity index is 951. The smallest absolute Gasteiger partial charge is 0.262 e. The fourth-order valence-corrected chi connectivity index (χ4v) is 4.54. The van der Waals surface area contributed by atoms with Gasteiger partial charge in [-0.1, -0.05) is 0 Å². The lowest BCUT2D eigenvalue weighted by atomic mass is 9.93. The average molecular weight is 428 g/mol. The molecule has 31 heavy (non-hydrogen) atoms. The molecule has 1 unspecified atom stereocenters. The Hall–Kier alpha value is -2.82. The molecule has 3 aliphatic heterocycles. The number of aliphatic hydroxyl groups excluding tert-OH is 1. The fourth-order valence-electron chi connectivity index (χ4n) is 4.54. The Labute approximate surface area is 178 Å². The first-order chi connectivity index (χ1) is 14.9. The van der Waals surface area contributed by atoms with Crippen LogP contribution in [0.25, 0.3) is 0 Å². The summed E-state index contributed by atoms with van der Waals surface area (Å²) in [6.07, 6.45) is 1.42. The number of nitrogens with one attached hydrogen (secondary N) is 1. The van der Waals surface area contributed by atoms with E-state index < -0.39 is 29.7 Å². The number of carbonyl (C=O) groups excluding carboxylic acids is 4. The zero-order valence-corrected chi connectivity index (χ0v) is 17.0. The maximum Gasteiger partial charge on any atom is 0.262 e. The fraction of sp³-hybridized carbons (Fsp3) is 0.524. The van der Waals surface area contributed by atoms with Crippen molar-refractivity contribution in [1.29, 1.82) is 0 Å². The van der Waals surface area contributed by atoms with Crippen LogP contribution in [-0.4, -0.2) is 83.1 Å². The number of fused-ring (bicyclic) bond motifs is 1. The molecule has 1 aromatic rings. The number of anilines is 1. The molecule has 5 rings (SSSR count). The molecule has 10 heteroatoms. The number of imide groups is 2. The SMILES string of the molecule is O=C1CCC(N2C(=O)c3ccc(N4CCN(OC5CC(O)C5)CC4)cc3C2=O)C(=O)N1. The van der Waals surface area contributed by atoms with Crippen LogP contribution in [0.3, 0.4) is 0 Å². The number of benzene rings is 1. The number of aliphatic hydroxyl groups is 1. The molecule has 1 atom stereocenters. The van der Waals surface area contributed by atoms with Gasteiger partial charge in [0.15, 0.2) is 0 Å². The van der Waals surface area contributed by atoms with Gasteiger partial charge < -0.3 is 10.0 Å². The maximum absolute atomic E-state index is 13.0. The number of hydroxylamine groups is 2. The van der Waals surface area contributed by atoms with Crippen molar-refractivity contribution in [3.63, 3.8) is 0 Å². The summed E-state index contributed by atoms with van der Waals surface area (Å²) < 4.78 is 0. The third kappa shape index (κ3) is 3.60. The van der Waals surface area contributed by atoms with Crippen molar-refractivity contribution < 1.29 is 29.1 Å². The molecular weight excluding hydrogens is 404 g/mol. The van der Waals surface area contributed by atoms with Crippen LogP contribution in [0.1, 0.15) is 46.4 Å². The van der Waals surface area contributed by atoms with Gasteiger partial charge in [0.05, 0.1) is 23.3 Å². The van der Waals surface area contributed by atoms with Crippen LogP contribution in [0, 0.1) is 0 Å². The van der Waals surface area contributed by atoms with Crippen molar-refractivity contribution in [2.24, 2.45) is 0 Å². The second-order valence-electron chi connectivity index (χ2n) is 8.45. The van der Waals surface area contributed by atoms with Crippen LogP contribution < -0.4 is 10.2 Å². The number of carbonyl (C=O) groups is 4. The summed E-state index contributed by atoms with van der Waals surface area (Å²) in [7, 11) is 0. The van der Waals surface area contributed by atoms with Gasteiger partial charge in [-0.3, -0.25) is 34.2 Å². The molecule has 0 radical (unpaired) electrons. The van der Waals surface area contributed by atoms with Gasteiger partial charge in [0.25, 0.3) is 11.8 Å².